The number of rotatable bonds is 5. The summed E-state index contributed by atoms with van der Waals surface area (Å²) in [5.74, 6) is -0.614. The summed E-state index contributed by atoms with van der Waals surface area (Å²) in [7, 11) is -2.21. The van der Waals surface area contributed by atoms with Crippen molar-refractivity contribution in [2.75, 3.05) is 18.4 Å². The van der Waals surface area contributed by atoms with Gasteiger partial charge in [0.1, 0.15) is 16.1 Å². The van der Waals surface area contributed by atoms with Crippen LogP contribution < -0.4 is 11.1 Å². The predicted octanol–water partition coefficient (Wildman–Crippen LogP) is 1.61. The number of fused-ring (bicyclic) bond motifs is 1. The van der Waals surface area contributed by atoms with Crippen molar-refractivity contribution >= 4 is 38.6 Å². The minimum Gasteiger partial charge on any atom is -0.441 e. The molecule has 4 rings (SSSR count). The Morgan fingerprint density at radius 3 is 2.58 bits per heavy atom. The Morgan fingerprint density at radius 2 is 1.94 bits per heavy atom. The highest BCUT2D eigenvalue weighted by Crippen LogP contribution is 2.26. The van der Waals surface area contributed by atoms with Crippen LogP contribution in [0.1, 0.15) is 29.2 Å². The summed E-state index contributed by atoms with van der Waals surface area (Å²) in [6, 6.07) is 6.52. The van der Waals surface area contributed by atoms with Gasteiger partial charge in [0.05, 0.1) is 0 Å². The molecule has 0 unspecified atom stereocenters. The van der Waals surface area contributed by atoms with Crippen LogP contribution in [0.15, 0.2) is 39.8 Å². The van der Waals surface area contributed by atoms with Gasteiger partial charge in [-0.2, -0.15) is 4.31 Å². The number of aromatic nitrogens is 2. The molecule has 3 heterocycles. The molecule has 1 aliphatic heterocycles. The molecule has 1 fully saturated rings. The van der Waals surface area contributed by atoms with E-state index in [1.165, 1.54) is 21.1 Å². The molecule has 1 saturated heterocycles. The Hall–Kier alpha value is -3.18. The standard InChI is InChI=1S/C20H23N5O5S/c1-12-22-16-9-14(3-4-18(16)30-12)23-20(27)13-5-7-25(8-6-13)31(28,29)15-10-17(19(21)26)24(2)11-15/h3-4,9-11,13H,5-8H2,1-2H3,(H2,21,26)(H,23,27). The van der Waals surface area contributed by atoms with E-state index in [0.29, 0.717) is 35.5 Å². The van der Waals surface area contributed by atoms with E-state index in [1.54, 1.807) is 32.2 Å². The number of oxazole rings is 1. The van der Waals surface area contributed by atoms with Crippen LogP contribution in [-0.2, 0) is 21.9 Å². The molecule has 0 aliphatic carbocycles. The van der Waals surface area contributed by atoms with E-state index in [4.69, 9.17) is 10.2 Å². The molecule has 164 valence electrons. The molecule has 0 radical (unpaired) electrons. The first-order valence-electron chi connectivity index (χ1n) is 9.79. The molecule has 10 nitrogen and oxygen atoms in total. The third-order valence-electron chi connectivity index (χ3n) is 5.46. The number of primary amides is 1. The maximum absolute atomic E-state index is 12.9. The van der Waals surface area contributed by atoms with Crippen LogP contribution in [0.2, 0.25) is 0 Å². The van der Waals surface area contributed by atoms with Gasteiger partial charge in [0.2, 0.25) is 15.9 Å². The highest BCUT2D eigenvalue weighted by atomic mass is 32.2. The summed E-state index contributed by atoms with van der Waals surface area (Å²) in [4.78, 5) is 28.4. The van der Waals surface area contributed by atoms with Gasteiger partial charge in [0, 0.05) is 44.9 Å². The lowest BCUT2D eigenvalue weighted by Gasteiger charge is -2.30. The maximum atomic E-state index is 12.9. The number of nitrogens with one attached hydrogen (secondary N) is 1. The summed E-state index contributed by atoms with van der Waals surface area (Å²) in [6.45, 7) is 2.18. The lowest BCUT2D eigenvalue weighted by atomic mass is 9.97. The molecule has 2 aromatic heterocycles. The number of aryl methyl sites for hydroxylation is 2. The Balaban J connectivity index is 1.40. The summed E-state index contributed by atoms with van der Waals surface area (Å²) in [6.07, 6.45) is 2.16. The summed E-state index contributed by atoms with van der Waals surface area (Å²) in [5.41, 5.74) is 7.32. The average Bonchev–Trinajstić information content (AvgIpc) is 3.30. The third-order valence-corrected chi connectivity index (χ3v) is 7.32. The average molecular weight is 446 g/mol. The number of nitrogens with two attached hydrogens (primary N) is 1. The minimum atomic E-state index is -3.77. The summed E-state index contributed by atoms with van der Waals surface area (Å²) >= 11 is 0. The topological polar surface area (TPSA) is 141 Å². The molecule has 3 N–H and O–H groups in total. The van der Waals surface area contributed by atoms with Crippen LogP contribution in [0.4, 0.5) is 5.69 Å². The highest BCUT2D eigenvalue weighted by Gasteiger charge is 2.33. The van der Waals surface area contributed by atoms with Gasteiger partial charge in [-0.1, -0.05) is 0 Å². The van der Waals surface area contributed by atoms with Gasteiger partial charge in [0.25, 0.3) is 5.91 Å². The van der Waals surface area contributed by atoms with Crippen molar-refractivity contribution in [2.24, 2.45) is 18.7 Å². The highest BCUT2D eigenvalue weighted by molar-refractivity contribution is 7.89. The lowest BCUT2D eigenvalue weighted by molar-refractivity contribution is -0.120. The number of hydrogen-bond acceptors (Lipinski definition) is 6. The monoisotopic (exact) mass is 445 g/mol. The van der Waals surface area contributed by atoms with Gasteiger partial charge < -0.3 is 20.0 Å². The lowest BCUT2D eigenvalue weighted by Crippen LogP contribution is -2.41. The van der Waals surface area contributed by atoms with Gasteiger partial charge in [-0.15, -0.1) is 0 Å². The van der Waals surface area contributed by atoms with Crippen LogP contribution in [-0.4, -0.2) is 47.2 Å². The fraction of sp³-hybridized carbons (Fsp3) is 0.350. The SMILES string of the molecule is Cc1nc2cc(NC(=O)C3CCN(S(=O)(=O)c4cc(C(N)=O)n(C)c4)CC3)ccc2o1. The molecule has 0 atom stereocenters. The van der Waals surface area contributed by atoms with E-state index in [0.717, 1.165) is 0 Å². The van der Waals surface area contributed by atoms with E-state index >= 15 is 0 Å². The number of carbonyl (C=O) groups is 2. The third kappa shape index (κ3) is 4.06. The quantitative estimate of drug-likeness (QED) is 0.611. The minimum absolute atomic E-state index is 0.0166. The normalized spacial score (nSPS) is 15.9. The molecule has 3 aromatic rings. The van der Waals surface area contributed by atoms with Gasteiger partial charge in [-0.05, 0) is 37.1 Å². The van der Waals surface area contributed by atoms with Gasteiger partial charge in [-0.3, -0.25) is 9.59 Å². The van der Waals surface area contributed by atoms with E-state index in [9.17, 15) is 18.0 Å². The van der Waals surface area contributed by atoms with Gasteiger partial charge in [-0.25, -0.2) is 13.4 Å². The number of benzene rings is 1. The Bertz CT molecular complexity index is 1270. The molecule has 1 aromatic carbocycles. The Labute approximate surface area is 179 Å². The maximum Gasteiger partial charge on any atom is 0.265 e. The van der Waals surface area contributed by atoms with Crippen LogP contribution >= 0.6 is 0 Å². The fourth-order valence-corrected chi connectivity index (χ4v) is 5.33. The van der Waals surface area contributed by atoms with E-state index in [-0.39, 0.29) is 35.5 Å². The van der Waals surface area contributed by atoms with E-state index in [1.807, 2.05) is 0 Å². The number of carbonyl (C=O) groups excluding carboxylic acids is 2. The van der Waals surface area contributed by atoms with Crippen LogP contribution in [0.3, 0.4) is 0 Å². The first kappa shape index (κ1) is 21.1. The second kappa shape index (κ2) is 7.82. The van der Waals surface area contributed by atoms with Crippen molar-refractivity contribution in [2.45, 2.75) is 24.7 Å². The van der Waals surface area contributed by atoms with Crippen molar-refractivity contribution < 1.29 is 22.4 Å². The molecular formula is C20H23N5O5S. The molecule has 0 saturated carbocycles. The zero-order chi connectivity index (χ0) is 22.3. The van der Waals surface area contributed by atoms with Crippen molar-refractivity contribution in [3.8, 4) is 0 Å². The molecule has 31 heavy (non-hydrogen) atoms. The predicted molar refractivity (Wildman–Crippen MR) is 113 cm³/mol. The van der Waals surface area contributed by atoms with Crippen molar-refractivity contribution in [3.63, 3.8) is 0 Å². The number of hydrogen-bond donors (Lipinski definition) is 2. The number of piperidine rings is 1. The Kier molecular flexibility index (Phi) is 5.31. The molecule has 2 amide bonds. The summed E-state index contributed by atoms with van der Waals surface area (Å²) < 4.78 is 34.0. The first-order valence-corrected chi connectivity index (χ1v) is 11.2. The smallest absolute Gasteiger partial charge is 0.265 e. The van der Waals surface area contributed by atoms with Gasteiger partial charge in [0.15, 0.2) is 11.5 Å². The zero-order valence-electron chi connectivity index (χ0n) is 17.2. The van der Waals surface area contributed by atoms with Crippen LogP contribution in [0.5, 0.6) is 0 Å². The van der Waals surface area contributed by atoms with Crippen molar-refractivity contribution in [1.29, 1.82) is 0 Å². The molecule has 0 bridgehead atoms. The Morgan fingerprint density at radius 1 is 1.23 bits per heavy atom. The summed E-state index contributed by atoms with van der Waals surface area (Å²) in [5, 5.41) is 2.88. The van der Waals surface area contributed by atoms with Crippen LogP contribution in [0, 0.1) is 12.8 Å². The number of sulfonamides is 1. The van der Waals surface area contributed by atoms with Crippen LogP contribution in [0.25, 0.3) is 11.1 Å². The first-order chi connectivity index (χ1) is 14.6. The molecule has 0 spiro atoms. The zero-order valence-corrected chi connectivity index (χ0v) is 18.0. The number of nitrogens with zero attached hydrogens (tertiary/aromatic N) is 3. The van der Waals surface area contributed by atoms with E-state index in [2.05, 4.69) is 10.3 Å². The molecule has 11 heteroatoms. The number of anilines is 1. The van der Waals surface area contributed by atoms with Crippen molar-refractivity contribution in [3.05, 3.63) is 42.0 Å². The van der Waals surface area contributed by atoms with Crippen molar-refractivity contribution in [1.82, 2.24) is 13.9 Å². The fourth-order valence-electron chi connectivity index (χ4n) is 3.79. The van der Waals surface area contributed by atoms with Gasteiger partial charge >= 0.3 is 0 Å². The molecular weight excluding hydrogens is 422 g/mol. The second-order valence-electron chi connectivity index (χ2n) is 7.62. The second-order valence-corrected chi connectivity index (χ2v) is 9.56. The van der Waals surface area contributed by atoms with E-state index < -0.39 is 15.9 Å². The largest absolute Gasteiger partial charge is 0.441 e. The molecule has 1 aliphatic rings. The number of amides is 2.